The van der Waals surface area contributed by atoms with Gasteiger partial charge >= 0.3 is 5.97 Å². The summed E-state index contributed by atoms with van der Waals surface area (Å²) in [6.07, 6.45) is -4.80. The first kappa shape index (κ1) is 27.3. The topological polar surface area (TPSA) is 149 Å². The van der Waals surface area contributed by atoms with Crippen LogP contribution in [0.25, 0.3) is 11.2 Å². The van der Waals surface area contributed by atoms with E-state index in [0.717, 1.165) is 0 Å². The maximum atomic E-state index is 14.5. The third-order valence-corrected chi connectivity index (χ3v) is 6.59. The molecule has 4 atom stereocenters. The molecule has 1 amide bonds. The van der Waals surface area contributed by atoms with Crippen molar-refractivity contribution in [2.45, 2.75) is 44.4 Å². The smallest absolute Gasteiger partial charge is 0.324 e. The van der Waals surface area contributed by atoms with Crippen molar-refractivity contribution in [2.75, 3.05) is 11.9 Å². The van der Waals surface area contributed by atoms with E-state index in [2.05, 4.69) is 20.3 Å². The second kappa shape index (κ2) is 11.5. The van der Waals surface area contributed by atoms with E-state index < -0.39 is 54.9 Å². The van der Waals surface area contributed by atoms with Crippen LogP contribution in [-0.4, -0.2) is 66.6 Å². The SMILES string of the molecule is CC(C)C(=O)Nc1nc(OC(=O)C(c2ccccc2)c2ccccc2)c2ncn([C@@H]3O[C@H](CO)[C@@H](F)[C@H]3O)c2n1. The molecule has 0 saturated carbocycles. The van der Waals surface area contributed by atoms with Gasteiger partial charge in [0.15, 0.2) is 23.6 Å². The number of alkyl halides is 1. The molecule has 3 heterocycles. The largest absolute Gasteiger partial charge is 0.404 e. The van der Waals surface area contributed by atoms with E-state index in [1.165, 1.54) is 10.9 Å². The fourth-order valence-corrected chi connectivity index (χ4v) is 4.45. The Bertz CT molecular complexity index is 1460. The minimum atomic E-state index is -1.86. The minimum absolute atomic E-state index is 0.0164. The summed E-state index contributed by atoms with van der Waals surface area (Å²) in [6.45, 7) is 2.72. The summed E-state index contributed by atoms with van der Waals surface area (Å²) in [4.78, 5) is 39.0. The fraction of sp³-hybridized carbons (Fsp3) is 0.321. The predicted molar refractivity (Wildman–Crippen MR) is 141 cm³/mol. The summed E-state index contributed by atoms with van der Waals surface area (Å²) >= 11 is 0. The summed E-state index contributed by atoms with van der Waals surface area (Å²) in [5.74, 6) is -2.69. The highest BCUT2D eigenvalue weighted by atomic mass is 19.1. The van der Waals surface area contributed by atoms with Gasteiger partial charge in [0.25, 0.3) is 5.88 Å². The number of hydrogen-bond donors (Lipinski definition) is 3. The average Bonchev–Trinajstić information content (AvgIpc) is 3.50. The number of aliphatic hydroxyl groups is 2. The Balaban J connectivity index is 1.57. The molecular weight excluding hydrogens is 521 g/mol. The molecular formula is C28H28FN5O6. The number of hydrogen-bond acceptors (Lipinski definition) is 9. The first-order valence-electron chi connectivity index (χ1n) is 12.7. The standard InChI is InChI=1S/C28H28FN5O6/c1-15(2)24(37)32-28-31-23-21(30-14-34(23)26-22(36)20(29)18(13-35)39-26)25(33-28)40-27(38)19(16-9-5-3-6-10-16)17-11-7-4-8-12-17/h3-12,14-15,18-20,22,26,35-36H,13H2,1-2H3,(H,31,32,33,37)/t18-,20-,22-,26-/m1/s1. The Morgan fingerprint density at radius 2 is 1.70 bits per heavy atom. The zero-order valence-corrected chi connectivity index (χ0v) is 21.7. The zero-order chi connectivity index (χ0) is 28.4. The number of rotatable bonds is 8. The van der Waals surface area contributed by atoms with E-state index in [9.17, 15) is 24.2 Å². The van der Waals surface area contributed by atoms with Crippen LogP contribution in [0, 0.1) is 5.92 Å². The van der Waals surface area contributed by atoms with Crippen molar-refractivity contribution in [3.05, 3.63) is 78.1 Å². The zero-order valence-electron chi connectivity index (χ0n) is 21.7. The average molecular weight is 550 g/mol. The lowest BCUT2D eigenvalue weighted by molar-refractivity contribution is -0.135. The van der Waals surface area contributed by atoms with Crippen LogP contribution >= 0.6 is 0 Å². The number of ether oxygens (including phenoxy) is 2. The van der Waals surface area contributed by atoms with Crippen molar-refractivity contribution >= 4 is 29.0 Å². The quantitative estimate of drug-likeness (QED) is 0.282. The van der Waals surface area contributed by atoms with Crippen LogP contribution in [0.2, 0.25) is 0 Å². The number of aliphatic hydroxyl groups excluding tert-OH is 2. The molecule has 0 aliphatic carbocycles. The minimum Gasteiger partial charge on any atom is -0.404 e. The van der Waals surface area contributed by atoms with Crippen molar-refractivity contribution < 1.29 is 33.7 Å². The molecule has 1 aliphatic rings. The lowest BCUT2D eigenvalue weighted by atomic mass is 9.91. The first-order valence-corrected chi connectivity index (χ1v) is 12.7. The molecule has 0 bridgehead atoms. The van der Waals surface area contributed by atoms with Gasteiger partial charge in [-0.2, -0.15) is 9.97 Å². The Hall–Kier alpha value is -4.26. The molecule has 1 fully saturated rings. The van der Waals surface area contributed by atoms with Crippen LogP contribution < -0.4 is 10.1 Å². The third-order valence-electron chi connectivity index (χ3n) is 6.59. The molecule has 11 nitrogen and oxygen atoms in total. The number of fused-ring (bicyclic) bond motifs is 1. The number of amides is 1. The van der Waals surface area contributed by atoms with Gasteiger partial charge in [0, 0.05) is 5.92 Å². The van der Waals surface area contributed by atoms with E-state index >= 15 is 0 Å². The molecule has 1 aliphatic heterocycles. The van der Waals surface area contributed by atoms with Crippen LogP contribution in [0.4, 0.5) is 10.3 Å². The van der Waals surface area contributed by atoms with Gasteiger partial charge in [-0.1, -0.05) is 74.5 Å². The summed E-state index contributed by atoms with van der Waals surface area (Å²) in [7, 11) is 0. The summed E-state index contributed by atoms with van der Waals surface area (Å²) in [5, 5.41) is 22.5. The number of esters is 1. The number of anilines is 1. The lowest BCUT2D eigenvalue weighted by Crippen LogP contribution is -2.29. The number of imidazole rings is 1. The van der Waals surface area contributed by atoms with Gasteiger partial charge in [-0.3, -0.25) is 19.5 Å². The molecule has 3 N–H and O–H groups in total. The van der Waals surface area contributed by atoms with Gasteiger partial charge in [-0.25, -0.2) is 9.37 Å². The number of nitrogens with zero attached hydrogens (tertiary/aromatic N) is 4. The Kier molecular flexibility index (Phi) is 7.83. The normalized spacial score (nSPS) is 20.8. The van der Waals surface area contributed by atoms with Gasteiger partial charge in [0.2, 0.25) is 11.9 Å². The number of halogens is 1. The van der Waals surface area contributed by atoms with Crippen molar-refractivity contribution in [1.82, 2.24) is 19.5 Å². The summed E-state index contributed by atoms with van der Waals surface area (Å²) in [6, 6.07) is 18.2. The Morgan fingerprint density at radius 1 is 1.07 bits per heavy atom. The van der Waals surface area contributed by atoms with Crippen molar-refractivity contribution in [1.29, 1.82) is 0 Å². The number of nitrogens with one attached hydrogen (secondary N) is 1. The maximum absolute atomic E-state index is 14.5. The summed E-state index contributed by atoms with van der Waals surface area (Å²) < 4.78 is 27.1. The first-order chi connectivity index (χ1) is 19.3. The van der Waals surface area contributed by atoms with Crippen molar-refractivity contribution in [3.8, 4) is 5.88 Å². The monoisotopic (exact) mass is 549 g/mol. The van der Waals surface area contributed by atoms with Crippen molar-refractivity contribution in [2.24, 2.45) is 5.92 Å². The highest BCUT2D eigenvalue weighted by molar-refractivity contribution is 5.92. The molecule has 0 unspecified atom stereocenters. The summed E-state index contributed by atoms with van der Waals surface area (Å²) in [5.41, 5.74) is 1.42. The van der Waals surface area contributed by atoms with E-state index in [1.54, 1.807) is 38.1 Å². The second-order valence-electron chi connectivity index (χ2n) is 9.68. The second-order valence-corrected chi connectivity index (χ2v) is 9.68. The predicted octanol–water partition coefficient (Wildman–Crippen LogP) is 2.75. The number of benzene rings is 2. The van der Waals surface area contributed by atoms with Crippen molar-refractivity contribution in [3.63, 3.8) is 0 Å². The van der Waals surface area contributed by atoms with Gasteiger partial charge in [-0.15, -0.1) is 0 Å². The number of aromatic nitrogens is 4. The van der Waals surface area contributed by atoms with Gasteiger partial charge in [-0.05, 0) is 11.1 Å². The highest BCUT2D eigenvalue weighted by Gasteiger charge is 2.45. The van der Waals surface area contributed by atoms with Gasteiger partial charge < -0.3 is 19.7 Å². The number of carbonyl (C=O) groups is 2. The highest BCUT2D eigenvalue weighted by Crippen LogP contribution is 2.35. The molecule has 12 heteroatoms. The van der Waals surface area contributed by atoms with E-state index in [-0.39, 0.29) is 23.0 Å². The fourth-order valence-electron chi connectivity index (χ4n) is 4.45. The van der Waals surface area contributed by atoms with Crippen LogP contribution in [0.5, 0.6) is 5.88 Å². The maximum Gasteiger partial charge on any atom is 0.324 e. The molecule has 40 heavy (non-hydrogen) atoms. The molecule has 5 rings (SSSR count). The van der Waals surface area contributed by atoms with Gasteiger partial charge in [0.05, 0.1) is 12.9 Å². The lowest BCUT2D eigenvalue weighted by Gasteiger charge is -2.18. The number of carbonyl (C=O) groups excluding carboxylic acids is 2. The third kappa shape index (κ3) is 5.28. The van der Waals surface area contributed by atoms with Crippen LogP contribution in [0.15, 0.2) is 67.0 Å². The van der Waals surface area contributed by atoms with E-state index in [4.69, 9.17) is 9.47 Å². The van der Waals surface area contributed by atoms with Crippen LogP contribution in [0.1, 0.15) is 37.1 Å². The Morgan fingerprint density at radius 3 is 2.25 bits per heavy atom. The molecule has 2 aromatic carbocycles. The molecule has 208 valence electrons. The van der Waals surface area contributed by atoms with Gasteiger partial charge in [0.1, 0.15) is 18.1 Å². The molecule has 2 aromatic heterocycles. The Labute approximate surface area is 228 Å². The van der Waals surface area contributed by atoms with E-state index in [1.807, 2.05) is 36.4 Å². The molecule has 0 radical (unpaired) electrons. The molecule has 1 saturated heterocycles. The van der Waals surface area contributed by atoms with E-state index in [0.29, 0.717) is 11.1 Å². The molecule has 0 spiro atoms. The molecule has 4 aromatic rings. The van der Waals surface area contributed by atoms with Crippen LogP contribution in [-0.2, 0) is 14.3 Å². The van der Waals surface area contributed by atoms with Crippen LogP contribution in [0.3, 0.4) is 0 Å².